The first-order chi connectivity index (χ1) is 14.0. The molecule has 152 valence electrons. The van der Waals surface area contributed by atoms with Crippen molar-refractivity contribution in [1.82, 2.24) is 14.9 Å². The Morgan fingerprint density at radius 3 is 2.66 bits per heavy atom. The Labute approximate surface area is 174 Å². The molecule has 0 fully saturated rings. The monoisotopic (exact) mass is 413 g/mol. The van der Waals surface area contributed by atoms with E-state index in [1.807, 2.05) is 31.2 Å². The predicted molar refractivity (Wildman–Crippen MR) is 114 cm³/mol. The van der Waals surface area contributed by atoms with Crippen LogP contribution in [0.4, 0.5) is 0 Å². The van der Waals surface area contributed by atoms with Crippen LogP contribution >= 0.6 is 11.6 Å². The van der Waals surface area contributed by atoms with E-state index in [0.717, 1.165) is 17.7 Å². The van der Waals surface area contributed by atoms with E-state index in [1.165, 1.54) is 0 Å². The third-order valence-electron chi connectivity index (χ3n) is 4.69. The smallest absolute Gasteiger partial charge is 0.258 e. The first-order valence-electron chi connectivity index (χ1n) is 9.59. The van der Waals surface area contributed by atoms with Gasteiger partial charge in [0, 0.05) is 18.0 Å². The van der Waals surface area contributed by atoms with E-state index in [4.69, 9.17) is 16.3 Å². The van der Waals surface area contributed by atoms with Gasteiger partial charge in [0.25, 0.3) is 5.56 Å². The molecule has 7 heteroatoms. The minimum Gasteiger partial charge on any atom is -0.497 e. The Bertz CT molecular complexity index is 1050. The fourth-order valence-electron chi connectivity index (χ4n) is 3.18. The van der Waals surface area contributed by atoms with Crippen molar-refractivity contribution in [3.05, 3.63) is 69.2 Å². The van der Waals surface area contributed by atoms with Gasteiger partial charge in [0.15, 0.2) is 0 Å². The topological polar surface area (TPSA) is 75.3 Å². The number of aromatic nitrogens is 2. The summed E-state index contributed by atoms with van der Waals surface area (Å²) in [6.45, 7) is 2.87. The van der Waals surface area contributed by atoms with Crippen LogP contribution in [-0.2, 0) is 17.8 Å². The van der Waals surface area contributed by atoms with Gasteiger partial charge in [0.1, 0.15) is 11.6 Å². The van der Waals surface area contributed by atoms with Gasteiger partial charge in [-0.15, -0.1) is 0 Å². The van der Waals surface area contributed by atoms with E-state index < -0.39 is 0 Å². The number of hydrogen-bond donors (Lipinski definition) is 1. The lowest BCUT2D eigenvalue weighted by Crippen LogP contribution is -2.33. The second kappa shape index (κ2) is 9.56. The van der Waals surface area contributed by atoms with Gasteiger partial charge in [-0.1, -0.05) is 30.7 Å². The summed E-state index contributed by atoms with van der Waals surface area (Å²) >= 11 is 6.02. The zero-order chi connectivity index (χ0) is 20.8. The predicted octanol–water partition coefficient (Wildman–Crippen LogP) is 3.96. The van der Waals surface area contributed by atoms with Crippen LogP contribution in [0.3, 0.4) is 0 Å². The molecule has 29 heavy (non-hydrogen) atoms. The van der Waals surface area contributed by atoms with Crippen LogP contribution in [0.25, 0.3) is 10.9 Å². The number of rotatable bonds is 8. The minimum atomic E-state index is -0.233. The van der Waals surface area contributed by atoms with E-state index in [1.54, 1.807) is 30.2 Å². The SMILES string of the molecule is CCCN(Cc1nc2cc(Cl)ccc2c(=O)[nH]1)C(=O)CCc1ccc(OC)cc1. The number of methoxy groups -OCH3 is 1. The molecule has 0 unspecified atom stereocenters. The number of halogens is 1. The number of nitrogens with zero attached hydrogens (tertiary/aromatic N) is 2. The fraction of sp³-hybridized carbons (Fsp3) is 0.318. The van der Waals surface area contributed by atoms with E-state index >= 15 is 0 Å². The van der Waals surface area contributed by atoms with Gasteiger partial charge in [-0.2, -0.15) is 0 Å². The molecule has 0 radical (unpaired) electrons. The average molecular weight is 414 g/mol. The van der Waals surface area contributed by atoms with Crippen molar-refractivity contribution in [2.75, 3.05) is 13.7 Å². The average Bonchev–Trinajstić information content (AvgIpc) is 2.71. The lowest BCUT2D eigenvalue weighted by Gasteiger charge is -2.22. The molecule has 1 amide bonds. The van der Waals surface area contributed by atoms with Gasteiger partial charge in [-0.25, -0.2) is 4.98 Å². The van der Waals surface area contributed by atoms with Crippen molar-refractivity contribution in [3.8, 4) is 5.75 Å². The molecule has 1 N–H and O–H groups in total. The van der Waals surface area contributed by atoms with E-state index in [9.17, 15) is 9.59 Å². The lowest BCUT2D eigenvalue weighted by molar-refractivity contribution is -0.131. The molecule has 0 saturated heterocycles. The summed E-state index contributed by atoms with van der Waals surface area (Å²) in [6.07, 6.45) is 1.84. The number of benzene rings is 2. The number of ether oxygens (including phenoxy) is 1. The molecular formula is C22H24ClN3O3. The highest BCUT2D eigenvalue weighted by Crippen LogP contribution is 2.16. The number of H-pyrrole nitrogens is 1. The van der Waals surface area contributed by atoms with Crippen LogP contribution in [0.15, 0.2) is 47.3 Å². The Kier molecular flexibility index (Phi) is 6.88. The Morgan fingerprint density at radius 1 is 1.21 bits per heavy atom. The van der Waals surface area contributed by atoms with Gasteiger partial charge in [0.2, 0.25) is 5.91 Å². The molecule has 0 aliphatic heterocycles. The van der Waals surface area contributed by atoms with Crippen molar-refractivity contribution in [2.24, 2.45) is 0 Å². The molecule has 0 bridgehead atoms. The fourth-order valence-corrected chi connectivity index (χ4v) is 3.35. The largest absolute Gasteiger partial charge is 0.497 e. The highest BCUT2D eigenvalue weighted by Gasteiger charge is 2.15. The molecule has 2 aromatic carbocycles. The molecule has 0 atom stereocenters. The number of nitrogens with one attached hydrogen (secondary N) is 1. The first kappa shape index (κ1) is 20.9. The minimum absolute atomic E-state index is 0.0245. The molecule has 0 spiro atoms. The molecular weight excluding hydrogens is 390 g/mol. The van der Waals surface area contributed by atoms with Crippen LogP contribution in [0, 0.1) is 0 Å². The Morgan fingerprint density at radius 2 is 1.97 bits per heavy atom. The molecule has 3 aromatic rings. The molecule has 1 aromatic heterocycles. The van der Waals surface area contributed by atoms with Gasteiger partial charge in [0.05, 0.1) is 24.6 Å². The highest BCUT2D eigenvalue weighted by atomic mass is 35.5. The summed E-state index contributed by atoms with van der Waals surface area (Å²) in [5, 5.41) is 0.994. The Hall–Kier alpha value is -2.86. The number of aryl methyl sites for hydroxylation is 1. The molecule has 1 heterocycles. The molecule has 3 rings (SSSR count). The summed E-state index contributed by atoms with van der Waals surface area (Å²) in [7, 11) is 1.63. The van der Waals surface area contributed by atoms with Crippen LogP contribution < -0.4 is 10.3 Å². The van der Waals surface area contributed by atoms with Crippen molar-refractivity contribution < 1.29 is 9.53 Å². The summed E-state index contributed by atoms with van der Waals surface area (Å²) in [6, 6.07) is 12.7. The quantitative estimate of drug-likeness (QED) is 0.606. The van der Waals surface area contributed by atoms with Crippen LogP contribution in [0.5, 0.6) is 5.75 Å². The normalized spacial score (nSPS) is 10.9. The first-order valence-corrected chi connectivity index (χ1v) is 9.97. The number of aromatic amines is 1. The van der Waals surface area contributed by atoms with Gasteiger partial charge < -0.3 is 14.6 Å². The van der Waals surface area contributed by atoms with E-state index in [0.29, 0.717) is 41.1 Å². The third kappa shape index (κ3) is 5.35. The number of hydrogen-bond acceptors (Lipinski definition) is 4. The van der Waals surface area contributed by atoms with Crippen molar-refractivity contribution in [2.45, 2.75) is 32.7 Å². The van der Waals surface area contributed by atoms with Crippen LogP contribution in [0.2, 0.25) is 5.02 Å². The van der Waals surface area contributed by atoms with E-state index in [-0.39, 0.29) is 18.0 Å². The molecule has 0 saturated carbocycles. The van der Waals surface area contributed by atoms with Crippen LogP contribution in [-0.4, -0.2) is 34.4 Å². The molecule has 0 aliphatic carbocycles. The summed E-state index contributed by atoms with van der Waals surface area (Å²) in [4.78, 5) is 34.1. The van der Waals surface area contributed by atoms with Crippen molar-refractivity contribution in [1.29, 1.82) is 0 Å². The lowest BCUT2D eigenvalue weighted by atomic mass is 10.1. The zero-order valence-corrected chi connectivity index (χ0v) is 17.3. The Balaban J connectivity index is 1.72. The summed E-state index contributed by atoms with van der Waals surface area (Å²) < 4.78 is 5.16. The van der Waals surface area contributed by atoms with Gasteiger partial charge >= 0.3 is 0 Å². The second-order valence-corrected chi connectivity index (χ2v) is 7.27. The maximum atomic E-state index is 12.8. The number of amides is 1. The maximum Gasteiger partial charge on any atom is 0.258 e. The van der Waals surface area contributed by atoms with Crippen molar-refractivity contribution in [3.63, 3.8) is 0 Å². The summed E-state index contributed by atoms with van der Waals surface area (Å²) in [5.41, 5.74) is 1.37. The van der Waals surface area contributed by atoms with Gasteiger partial charge in [-0.3, -0.25) is 9.59 Å². The van der Waals surface area contributed by atoms with E-state index in [2.05, 4.69) is 9.97 Å². The zero-order valence-electron chi connectivity index (χ0n) is 16.6. The number of fused-ring (bicyclic) bond motifs is 1. The third-order valence-corrected chi connectivity index (χ3v) is 4.93. The number of carbonyl (C=O) groups is 1. The van der Waals surface area contributed by atoms with Gasteiger partial charge in [-0.05, 0) is 48.7 Å². The summed E-state index contributed by atoms with van der Waals surface area (Å²) in [5.74, 6) is 1.27. The second-order valence-electron chi connectivity index (χ2n) is 6.84. The van der Waals surface area contributed by atoms with Crippen LogP contribution in [0.1, 0.15) is 31.2 Å². The number of carbonyl (C=O) groups excluding carboxylic acids is 1. The van der Waals surface area contributed by atoms with Crippen molar-refractivity contribution >= 4 is 28.4 Å². The molecule has 0 aliphatic rings. The standard InChI is InChI=1S/C22H24ClN3O3/c1-3-12-26(21(27)11-6-15-4-8-17(29-2)9-5-15)14-20-24-19-13-16(23)7-10-18(19)22(28)25-20/h4-5,7-10,13H,3,6,11-12,14H2,1-2H3,(H,24,25,28). The highest BCUT2D eigenvalue weighted by molar-refractivity contribution is 6.31. The maximum absolute atomic E-state index is 12.8. The molecule has 6 nitrogen and oxygen atoms in total.